The summed E-state index contributed by atoms with van der Waals surface area (Å²) < 4.78 is 0. The topological polar surface area (TPSA) is 62.1 Å². The van der Waals surface area contributed by atoms with Crippen LogP contribution >= 0.6 is 0 Å². The van der Waals surface area contributed by atoms with E-state index < -0.39 is 0 Å². The van der Waals surface area contributed by atoms with Gasteiger partial charge in [0.15, 0.2) is 0 Å². The summed E-state index contributed by atoms with van der Waals surface area (Å²) in [4.78, 5) is 16.8. The highest BCUT2D eigenvalue weighted by Crippen LogP contribution is 2.22. The molecule has 2 rings (SSSR count). The number of nitrogens with two attached hydrogens (primary N) is 1. The molecule has 1 aliphatic carbocycles. The summed E-state index contributed by atoms with van der Waals surface area (Å²) >= 11 is 0. The highest BCUT2D eigenvalue weighted by Gasteiger charge is 2.25. The van der Waals surface area contributed by atoms with Gasteiger partial charge in [-0.15, -0.1) is 0 Å². The van der Waals surface area contributed by atoms with Crippen molar-refractivity contribution in [2.45, 2.75) is 37.8 Å². The zero-order chi connectivity index (χ0) is 11.5. The Morgan fingerprint density at radius 3 is 2.69 bits per heavy atom. The van der Waals surface area contributed by atoms with Gasteiger partial charge in [-0.3, -0.25) is 4.79 Å². The third kappa shape index (κ3) is 2.27. The van der Waals surface area contributed by atoms with Crippen molar-refractivity contribution >= 4 is 5.91 Å². The van der Waals surface area contributed by atoms with Crippen LogP contribution in [0.3, 0.4) is 0 Å². The van der Waals surface area contributed by atoms with Crippen LogP contribution in [0.15, 0.2) is 18.3 Å². The van der Waals surface area contributed by atoms with Crippen LogP contribution in [-0.4, -0.2) is 34.9 Å². The Balaban J connectivity index is 1.97. The Bertz CT molecular complexity index is 339. The van der Waals surface area contributed by atoms with Crippen LogP contribution in [0.5, 0.6) is 0 Å². The van der Waals surface area contributed by atoms with Gasteiger partial charge in [-0.2, -0.15) is 0 Å². The maximum Gasteiger partial charge on any atom is 0.270 e. The van der Waals surface area contributed by atoms with Crippen LogP contribution < -0.4 is 5.73 Å². The van der Waals surface area contributed by atoms with Gasteiger partial charge in [0.05, 0.1) is 0 Å². The standard InChI is InChI=1S/C12H19N3O/c1-15(10-6-4-9(13)5-7-10)12(16)11-3-2-8-14-11/h2-3,8-10,14H,4-7,13H2,1H3. The number of aromatic amines is 1. The second-order valence-corrected chi connectivity index (χ2v) is 4.57. The van der Waals surface area contributed by atoms with Gasteiger partial charge in [-0.25, -0.2) is 0 Å². The van der Waals surface area contributed by atoms with Crippen molar-refractivity contribution in [1.82, 2.24) is 9.88 Å². The van der Waals surface area contributed by atoms with Crippen molar-refractivity contribution in [2.24, 2.45) is 5.73 Å². The van der Waals surface area contributed by atoms with Crippen LogP contribution in [0.4, 0.5) is 0 Å². The first-order valence-electron chi connectivity index (χ1n) is 5.84. The van der Waals surface area contributed by atoms with Gasteiger partial charge in [0.2, 0.25) is 0 Å². The maximum absolute atomic E-state index is 12.0. The van der Waals surface area contributed by atoms with Gasteiger partial charge in [0.25, 0.3) is 5.91 Å². The molecule has 0 spiro atoms. The first-order valence-corrected chi connectivity index (χ1v) is 5.84. The molecule has 1 aromatic rings. The highest BCUT2D eigenvalue weighted by atomic mass is 16.2. The lowest BCUT2D eigenvalue weighted by Crippen LogP contribution is -2.41. The molecule has 0 aromatic carbocycles. The molecule has 1 heterocycles. The minimum absolute atomic E-state index is 0.0745. The lowest BCUT2D eigenvalue weighted by atomic mass is 9.91. The number of rotatable bonds is 2. The number of carbonyl (C=O) groups is 1. The molecular formula is C12H19N3O. The third-order valence-electron chi connectivity index (χ3n) is 3.44. The molecule has 0 radical (unpaired) electrons. The Labute approximate surface area is 95.8 Å². The Morgan fingerprint density at radius 1 is 1.44 bits per heavy atom. The highest BCUT2D eigenvalue weighted by molar-refractivity contribution is 5.92. The molecule has 3 N–H and O–H groups in total. The minimum atomic E-state index is 0.0745. The Morgan fingerprint density at radius 2 is 2.12 bits per heavy atom. The average Bonchev–Trinajstić information content (AvgIpc) is 2.81. The summed E-state index contributed by atoms with van der Waals surface area (Å²) in [7, 11) is 1.88. The summed E-state index contributed by atoms with van der Waals surface area (Å²) in [5.41, 5.74) is 6.52. The van der Waals surface area contributed by atoms with E-state index in [0.29, 0.717) is 17.8 Å². The van der Waals surface area contributed by atoms with Crippen LogP contribution in [0.1, 0.15) is 36.2 Å². The number of aromatic nitrogens is 1. The molecule has 1 aromatic heterocycles. The summed E-state index contributed by atoms with van der Waals surface area (Å²) in [6.45, 7) is 0. The van der Waals surface area contributed by atoms with Crippen molar-refractivity contribution < 1.29 is 4.79 Å². The molecule has 0 atom stereocenters. The van der Waals surface area contributed by atoms with Gasteiger partial charge in [-0.1, -0.05) is 0 Å². The summed E-state index contributed by atoms with van der Waals surface area (Å²) in [5, 5.41) is 0. The SMILES string of the molecule is CN(C(=O)c1ccc[nH]1)C1CCC(N)CC1. The number of carbonyl (C=O) groups excluding carboxylic acids is 1. The van der Waals surface area contributed by atoms with Crippen molar-refractivity contribution in [2.75, 3.05) is 7.05 Å². The van der Waals surface area contributed by atoms with Crippen molar-refractivity contribution in [3.63, 3.8) is 0 Å². The maximum atomic E-state index is 12.0. The second kappa shape index (κ2) is 4.70. The largest absolute Gasteiger partial charge is 0.357 e. The van der Waals surface area contributed by atoms with E-state index in [4.69, 9.17) is 5.73 Å². The van der Waals surface area contributed by atoms with Gasteiger partial charge < -0.3 is 15.6 Å². The molecule has 0 unspecified atom stereocenters. The summed E-state index contributed by atoms with van der Waals surface area (Å²) in [6, 6.07) is 4.33. The molecule has 0 bridgehead atoms. The van der Waals surface area contributed by atoms with Crippen LogP contribution in [0, 0.1) is 0 Å². The minimum Gasteiger partial charge on any atom is -0.357 e. The molecule has 88 valence electrons. The fraction of sp³-hybridized carbons (Fsp3) is 0.583. The van der Waals surface area contributed by atoms with Gasteiger partial charge in [0.1, 0.15) is 5.69 Å². The van der Waals surface area contributed by atoms with E-state index in [9.17, 15) is 4.79 Å². The van der Waals surface area contributed by atoms with E-state index in [2.05, 4.69) is 4.98 Å². The van der Waals surface area contributed by atoms with Crippen LogP contribution in [0.2, 0.25) is 0 Å². The van der Waals surface area contributed by atoms with E-state index in [1.165, 1.54) is 0 Å². The van der Waals surface area contributed by atoms with Crippen molar-refractivity contribution in [3.8, 4) is 0 Å². The Kier molecular flexibility index (Phi) is 3.29. The first-order chi connectivity index (χ1) is 7.68. The third-order valence-corrected chi connectivity index (χ3v) is 3.44. The van der Waals surface area contributed by atoms with E-state index in [1.54, 1.807) is 6.20 Å². The molecule has 4 nitrogen and oxygen atoms in total. The molecule has 0 aliphatic heterocycles. The van der Waals surface area contributed by atoms with E-state index >= 15 is 0 Å². The molecule has 1 amide bonds. The molecule has 0 saturated heterocycles. The van der Waals surface area contributed by atoms with Crippen LogP contribution in [-0.2, 0) is 0 Å². The molecule has 16 heavy (non-hydrogen) atoms. The number of H-pyrrole nitrogens is 1. The van der Waals surface area contributed by atoms with Crippen molar-refractivity contribution in [1.29, 1.82) is 0 Å². The fourth-order valence-corrected chi connectivity index (χ4v) is 2.31. The predicted octanol–water partition coefficient (Wildman–Crippen LogP) is 1.36. The normalized spacial score (nSPS) is 25.4. The number of nitrogens with one attached hydrogen (secondary N) is 1. The molecular weight excluding hydrogens is 202 g/mol. The summed E-state index contributed by atoms with van der Waals surface area (Å²) in [6.07, 6.45) is 5.85. The lowest BCUT2D eigenvalue weighted by molar-refractivity contribution is 0.0684. The molecule has 1 saturated carbocycles. The number of amides is 1. The van der Waals surface area contributed by atoms with E-state index in [0.717, 1.165) is 25.7 Å². The fourth-order valence-electron chi connectivity index (χ4n) is 2.31. The number of hydrogen-bond acceptors (Lipinski definition) is 2. The Hall–Kier alpha value is -1.29. The lowest BCUT2D eigenvalue weighted by Gasteiger charge is -2.33. The molecule has 1 aliphatic rings. The smallest absolute Gasteiger partial charge is 0.270 e. The first kappa shape index (κ1) is 11.2. The van der Waals surface area contributed by atoms with Gasteiger partial charge in [-0.05, 0) is 37.8 Å². The quantitative estimate of drug-likeness (QED) is 0.792. The monoisotopic (exact) mass is 221 g/mol. The van der Waals surface area contributed by atoms with E-state index in [-0.39, 0.29) is 5.91 Å². The second-order valence-electron chi connectivity index (χ2n) is 4.57. The zero-order valence-electron chi connectivity index (χ0n) is 9.65. The predicted molar refractivity (Wildman–Crippen MR) is 63.1 cm³/mol. The van der Waals surface area contributed by atoms with Crippen LogP contribution in [0.25, 0.3) is 0 Å². The van der Waals surface area contributed by atoms with Gasteiger partial charge >= 0.3 is 0 Å². The molecule has 4 heteroatoms. The van der Waals surface area contributed by atoms with Gasteiger partial charge in [0, 0.05) is 25.3 Å². The van der Waals surface area contributed by atoms with Crippen molar-refractivity contribution in [3.05, 3.63) is 24.0 Å². The summed E-state index contributed by atoms with van der Waals surface area (Å²) in [5.74, 6) is 0.0745. The van der Waals surface area contributed by atoms with E-state index in [1.807, 2.05) is 24.1 Å². The average molecular weight is 221 g/mol. The zero-order valence-corrected chi connectivity index (χ0v) is 9.65. The number of nitrogens with zero attached hydrogens (tertiary/aromatic N) is 1. The number of hydrogen-bond donors (Lipinski definition) is 2. The molecule has 1 fully saturated rings.